The zero-order valence-corrected chi connectivity index (χ0v) is 20.5. The Bertz CT molecular complexity index is 1290. The summed E-state index contributed by atoms with van der Waals surface area (Å²) >= 11 is 0. The quantitative estimate of drug-likeness (QED) is 0.506. The highest BCUT2D eigenvalue weighted by Crippen LogP contribution is 2.22. The summed E-state index contributed by atoms with van der Waals surface area (Å²) in [5.74, 6) is -0.901. The molecule has 0 spiro atoms. The van der Waals surface area contributed by atoms with E-state index in [1.54, 1.807) is 36.4 Å². The van der Waals surface area contributed by atoms with Crippen LogP contribution in [0.2, 0.25) is 0 Å². The van der Waals surface area contributed by atoms with E-state index in [0.29, 0.717) is 11.4 Å². The van der Waals surface area contributed by atoms with Crippen molar-refractivity contribution in [1.82, 2.24) is 5.32 Å². The van der Waals surface area contributed by atoms with E-state index in [2.05, 4.69) is 10.6 Å². The number of hydrogen-bond acceptors (Lipinski definition) is 4. The maximum absolute atomic E-state index is 12.9. The lowest BCUT2D eigenvalue weighted by Gasteiger charge is -2.23. The first-order chi connectivity index (χ1) is 16.1. The van der Waals surface area contributed by atoms with Crippen LogP contribution in [0.1, 0.15) is 40.0 Å². The number of nitrogens with one attached hydrogen (secondary N) is 2. The zero-order valence-electron chi connectivity index (χ0n) is 19.7. The van der Waals surface area contributed by atoms with Gasteiger partial charge in [0.1, 0.15) is 6.54 Å². The van der Waals surface area contributed by atoms with Crippen LogP contribution < -0.4 is 14.9 Å². The van der Waals surface area contributed by atoms with Crippen molar-refractivity contribution in [2.45, 2.75) is 26.8 Å². The van der Waals surface area contributed by atoms with E-state index in [1.165, 1.54) is 0 Å². The minimum Gasteiger partial charge on any atom is -0.345 e. The van der Waals surface area contributed by atoms with Crippen molar-refractivity contribution in [1.29, 1.82) is 0 Å². The zero-order chi connectivity index (χ0) is 24.9. The number of nitrogens with zero attached hydrogens (tertiary/aromatic N) is 1. The number of rotatable bonds is 8. The molecule has 3 rings (SSSR count). The minimum atomic E-state index is -3.71. The fourth-order valence-electron chi connectivity index (χ4n) is 3.49. The van der Waals surface area contributed by atoms with Crippen molar-refractivity contribution in [2.24, 2.45) is 0 Å². The van der Waals surface area contributed by atoms with Gasteiger partial charge in [-0.3, -0.25) is 13.9 Å². The normalized spacial score (nSPS) is 12.0. The summed E-state index contributed by atoms with van der Waals surface area (Å²) in [5.41, 5.74) is 3.89. The lowest BCUT2D eigenvalue weighted by Crippen LogP contribution is -2.38. The van der Waals surface area contributed by atoms with Crippen LogP contribution in [0, 0.1) is 13.8 Å². The van der Waals surface area contributed by atoms with Crippen molar-refractivity contribution in [3.8, 4) is 0 Å². The molecule has 1 atom stereocenters. The Morgan fingerprint density at radius 3 is 2.21 bits per heavy atom. The summed E-state index contributed by atoms with van der Waals surface area (Å²) in [4.78, 5) is 25.8. The smallest absolute Gasteiger partial charge is 0.253 e. The number of para-hydroxylation sites is 1. The predicted octanol–water partition coefficient (Wildman–Crippen LogP) is 4.20. The van der Waals surface area contributed by atoms with Crippen LogP contribution in [-0.4, -0.2) is 33.0 Å². The van der Waals surface area contributed by atoms with Gasteiger partial charge in [-0.15, -0.1) is 0 Å². The van der Waals surface area contributed by atoms with Crippen LogP contribution in [0.4, 0.5) is 11.4 Å². The van der Waals surface area contributed by atoms with Crippen molar-refractivity contribution < 1.29 is 18.0 Å². The minimum absolute atomic E-state index is 0.233. The number of amides is 2. The van der Waals surface area contributed by atoms with Crippen LogP contribution in [0.3, 0.4) is 0 Å². The van der Waals surface area contributed by atoms with E-state index in [0.717, 1.165) is 27.3 Å². The fourth-order valence-corrected chi connectivity index (χ4v) is 4.34. The van der Waals surface area contributed by atoms with Crippen molar-refractivity contribution in [2.75, 3.05) is 22.4 Å². The number of benzene rings is 3. The Labute approximate surface area is 200 Å². The highest BCUT2D eigenvalue weighted by molar-refractivity contribution is 7.92. The number of aryl methyl sites for hydroxylation is 2. The molecule has 178 valence electrons. The van der Waals surface area contributed by atoms with Crippen molar-refractivity contribution in [3.05, 3.63) is 95.1 Å². The average Bonchev–Trinajstić information content (AvgIpc) is 2.79. The maximum Gasteiger partial charge on any atom is 0.253 e. The monoisotopic (exact) mass is 479 g/mol. The van der Waals surface area contributed by atoms with Gasteiger partial charge in [-0.2, -0.15) is 0 Å². The lowest BCUT2D eigenvalue weighted by molar-refractivity contribution is -0.114. The SMILES string of the molecule is Cc1ccc(N(CC(=O)Nc2ccccc2C(=O)N[C@H](C)c2ccccc2)S(C)(=O)=O)cc1C. The third kappa shape index (κ3) is 6.23. The number of anilines is 2. The van der Waals surface area contributed by atoms with Gasteiger partial charge in [-0.1, -0.05) is 48.5 Å². The van der Waals surface area contributed by atoms with E-state index < -0.39 is 22.5 Å². The van der Waals surface area contributed by atoms with Crippen LogP contribution >= 0.6 is 0 Å². The molecular weight excluding hydrogens is 450 g/mol. The lowest BCUT2D eigenvalue weighted by atomic mass is 10.1. The Balaban J connectivity index is 1.78. The summed E-state index contributed by atoms with van der Waals surface area (Å²) in [6.45, 7) is 5.27. The Morgan fingerprint density at radius 1 is 0.912 bits per heavy atom. The Hall–Kier alpha value is -3.65. The van der Waals surface area contributed by atoms with Crippen LogP contribution in [0.5, 0.6) is 0 Å². The molecule has 0 aliphatic rings. The number of carbonyl (C=O) groups is 2. The maximum atomic E-state index is 12.9. The van der Waals surface area contributed by atoms with E-state index in [4.69, 9.17) is 0 Å². The van der Waals surface area contributed by atoms with Gasteiger partial charge in [0.05, 0.1) is 29.2 Å². The molecule has 0 heterocycles. The number of hydrogen-bond donors (Lipinski definition) is 2. The molecule has 0 radical (unpaired) electrons. The molecule has 2 amide bonds. The third-order valence-corrected chi connectivity index (χ3v) is 6.70. The summed E-state index contributed by atoms with van der Waals surface area (Å²) < 4.78 is 25.9. The molecule has 7 nitrogen and oxygen atoms in total. The van der Waals surface area contributed by atoms with Crippen LogP contribution in [0.15, 0.2) is 72.8 Å². The van der Waals surface area contributed by atoms with Gasteiger partial charge in [-0.05, 0) is 61.7 Å². The van der Waals surface area contributed by atoms with E-state index in [1.807, 2.05) is 57.2 Å². The summed E-state index contributed by atoms with van der Waals surface area (Å²) in [7, 11) is -3.71. The fraction of sp³-hybridized carbons (Fsp3) is 0.231. The molecule has 34 heavy (non-hydrogen) atoms. The molecule has 0 aromatic heterocycles. The van der Waals surface area contributed by atoms with E-state index >= 15 is 0 Å². The molecule has 0 aliphatic carbocycles. The van der Waals surface area contributed by atoms with E-state index in [9.17, 15) is 18.0 Å². The van der Waals surface area contributed by atoms with Gasteiger partial charge in [0.15, 0.2) is 0 Å². The Morgan fingerprint density at radius 2 is 1.56 bits per heavy atom. The van der Waals surface area contributed by atoms with Crippen LogP contribution in [-0.2, 0) is 14.8 Å². The molecule has 3 aromatic carbocycles. The highest BCUT2D eigenvalue weighted by Gasteiger charge is 2.23. The van der Waals surface area contributed by atoms with Gasteiger partial charge in [0.25, 0.3) is 5.91 Å². The first-order valence-corrected chi connectivity index (χ1v) is 12.7. The van der Waals surface area contributed by atoms with Gasteiger partial charge in [0, 0.05) is 0 Å². The number of carbonyl (C=O) groups excluding carboxylic acids is 2. The topological polar surface area (TPSA) is 95.6 Å². The molecule has 0 aliphatic heterocycles. The van der Waals surface area contributed by atoms with Crippen molar-refractivity contribution in [3.63, 3.8) is 0 Å². The second-order valence-electron chi connectivity index (χ2n) is 8.24. The predicted molar refractivity (Wildman–Crippen MR) is 136 cm³/mol. The average molecular weight is 480 g/mol. The highest BCUT2D eigenvalue weighted by atomic mass is 32.2. The molecule has 8 heteroatoms. The summed E-state index contributed by atoms with van der Waals surface area (Å²) in [5, 5.41) is 5.63. The van der Waals surface area contributed by atoms with Gasteiger partial charge >= 0.3 is 0 Å². The van der Waals surface area contributed by atoms with Crippen molar-refractivity contribution >= 4 is 33.2 Å². The second-order valence-corrected chi connectivity index (χ2v) is 10.1. The van der Waals surface area contributed by atoms with Gasteiger partial charge < -0.3 is 10.6 Å². The standard InChI is InChI=1S/C26H29N3O4S/c1-18-14-15-22(16-19(18)2)29(34(4,32)33)17-25(30)28-24-13-9-8-12-23(24)26(31)27-20(3)21-10-6-5-7-11-21/h5-16,20H,17H2,1-4H3,(H,27,31)(H,28,30)/t20-/m1/s1. The van der Waals surface area contributed by atoms with Crippen LogP contribution in [0.25, 0.3) is 0 Å². The second kappa shape index (κ2) is 10.5. The summed E-state index contributed by atoms with van der Waals surface area (Å²) in [6, 6.07) is 21.2. The summed E-state index contributed by atoms with van der Waals surface area (Å²) in [6.07, 6.45) is 1.06. The molecule has 0 saturated heterocycles. The molecule has 0 fully saturated rings. The molecule has 0 bridgehead atoms. The van der Waals surface area contributed by atoms with E-state index in [-0.39, 0.29) is 17.5 Å². The van der Waals surface area contributed by atoms with Gasteiger partial charge in [-0.25, -0.2) is 8.42 Å². The first-order valence-electron chi connectivity index (χ1n) is 10.9. The third-order valence-electron chi connectivity index (χ3n) is 5.56. The van der Waals surface area contributed by atoms with Gasteiger partial charge in [0.2, 0.25) is 15.9 Å². The molecule has 0 unspecified atom stereocenters. The molecular formula is C26H29N3O4S. The first kappa shape index (κ1) is 25.0. The molecule has 3 aromatic rings. The largest absolute Gasteiger partial charge is 0.345 e. The Kier molecular flexibility index (Phi) is 7.73. The molecule has 0 saturated carbocycles. The number of sulfonamides is 1. The molecule has 2 N–H and O–H groups in total.